The van der Waals surface area contributed by atoms with E-state index in [4.69, 9.17) is 15.2 Å². The maximum atomic E-state index is 14.3. The van der Waals surface area contributed by atoms with Crippen molar-refractivity contribution >= 4 is 168 Å². The van der Waals surface area contributed by atoms with Gasteiger partial charge in [0.05, 0.1) is 19.5 Å². The number of anilines is 22. The van der Waals surface area contributed by atoms with Gasteiger partial charge in [-0.3, -0.25) is 33.6 Å². The molecule has 38 heteroatoms. The van der Waals surface area contributed by atoms with Gasteiger partial charge in [0.1, 0.15) is 46.7 Å². The first-order valence-electron chi connectivity index (χ1n) is 46.6. The Hall–Kier alpha value is -19.8. The number of likely N-dealkylation sites (tertiary alicyclic amines) is 1. The molecule has 0 saturated carbocycles. The zero-order valence-electron chi connectivity index (χ0n) is 82.4. The fourth-order valence-electron chi connectivity index (χ4n) is 13.7. The van der Waals surface area contributed by atoms with Crippen LogP contribution in [0.1, 0.15) is 68.9 Å². The minimum Gasteiger partial charge on any atom is -0.497 e. The summed E-state index contributed by atoms with van der Waals surface area (Å²) in [6, 6.07) is 81.1. The van der Waals surface area contributed by atoms with Gasteiger partial charge in [0.2, 0.25) is 53.4 Å². The van der Waals surface area contributed by atoms with E-state index in [1.165, 1.54) is 36.7 Å². The van der Waals surface area contributed by atoms with E-state index in [2.05, 4.69) is 151 Å². The Morgan fingerprint density at radius 2 is 0.792 bits per heavy atom. The highest BCUT2D eigenvalue weighted by atomic mass is 19.1. The Kier molecular flexibility index (Phi) is 40.3. The van der Waals surface area contributed by atoms with Crippen molar-refractivity contribution in [1.29, 1.82) is 0 Å². The lowest BCUT2D eigenvalue weighted by Crippen LogP contribution is -2.41. The number of halogens is 2. The average molecular weight is 2010 g/mol. The molecule has 0 aliphatic carbocycles. The summed E-state index contributed by atoms with van der Waals surface area (Å²) in [4.78, 5) is 130. The quantitative estimate of drug-likeness (QED) is 0.0126. The summed E-state index contributed by atoms with van der Waals surface area (Å²) < 4.78 is 39.2. The van der Waals surface area contributed by atoms with Crippen LogP contribution in [0.25, 0.3) is 0 Å². The SMILES string of the molecule is C=CC(=O)N1CCC(Nc2nc(Nc3ccccc3)ncc2F)CC1.C=CC(=O)Nc1cccc(Nc2nc(Nc3cccc(OCCN(C)C)c3)ncc2F)c1.C=CC(=O)Nc1cccc(Nc2nc(Nc3ccccc3)ncc2C(=O)NCc2ccc(OC)cc2)c1.C=CC(=O)Nc1cccc(Nc2nc(Nc3ccccc3)ncc2C(N)=O)c1.CC(C)=CC(=O)c1cccc(Nc2nc(Nc3ccccc3)ncc2C)c1. The third kappa shape index (κ3) is 35.4. The Balaban J connectivity index is 0.000000166. The van der Waals surface area contributed by atoms with Crippen LogP contribution < -0.4 is 89.6 Å². The van der Waals surface area contributed by atoms with E-state index in [-0.39, 0.29) is 75.9 Å². The lowest BCUT2D eigenvalue weighted by molar-refractivity contribution is -0.127. The van der Waals surface area contributed by atoms with Crippen LogP contribution in [0.5, 0.6) is 11.5 Å². The molecular formula is C111H111F2N27O9. The molecule has 36 nitrogen and oxygen atoms in total. The van der Waals surface area contributed by atoms with Gasteiger partial charge >= 0.3 is 0 Å². The maximum absolute atomic E-state index is 14.3. The highest BCUT2D eigenvalue weighted by Crippen LogP contribution is 2.32. The lowest BCUT2D eigenvalue weighted by atomic mass is 10.0. The van der Waals surface area contributed by atoms with Gasteiger partial charge in [0.25, 0.3) is 11.8 Å². The monoisotopic (exact) mass is 2000 g/mol. The molecule has 0 spiro atoms. The van der Waals surface area contributed by atoms with E-state index in [1.807, 2.05) is 234 Å². The second kappa shape index (κ2) is 55.6. The number of likely N-dealkylation sites (N-methyl/N-ethyl adjacent to an activating group) is 1. The zero-order chi connectivity index (χ0) is 106. The number of methoxy groups -OCH3 is 1. The molecule has 1 aliphatic rings. The summed E-state index contributed by atoms with van der Waals surface area (Å²) in [6.07, 6.45) is 14.8. The van der Waals surface area contributed by atoms with Crippen LogP contribution in [0, 0.1) is 18.6 Å². The Morgan fingerprint density at radius 3 is 1.24 bits per heavy atom. The number of benzene rings is 10. The molecule has 1 saturated heterocycles. The highest BCUT2D eigenvalue weighted by Gasteiger charge is 2.25. The predicted octanol–water partition coefficient (Wildman–Crippen LogP) is 20.8. The van der Waals surface area contributed by atoms with Crippen LogP contribution in [0.4, 0.5) is 136 Å². The summed E-state index contributed by atoms with van der Waals surface area (Å²) in [6.45, 7) is 22.5. The number of nitrogens with two attached hydrogens (primary N) is 1. The Morgan fingerprint density at radius 1 is 0.416 bits per heavy atom. The molecule has 5 aromatic heterocycles. The maximum Gasteiger partial charge on any atom is 0.256 e. The number of piperidine rings is 1. The van der Waals surface area contributed by atoms with Crippen LogP contribution in [-0.4, -0.2) is 154 Å². The number of ether oxygens (including phenoxy) is 2. The van der Waals surface area contributed by atoms with Crippen molar-refractivity contribution in [2.75, 3.05) is 117 Å². The molecule has 0 bridgehead atoms. The molecule has 16 rings (SSSR count). The highest BCUT2D eigenvalue weighted by molar-refractivity contribution is 6.06. The van der Waals surface area contributed by atoms with Crippen molar-refractivity contribution in [2.24, 2.45) is 5.73 Å². The number of nitrogens with one attached hydrogen (secondary N) is 14. The number of hydrogen-bond donors (Lipinski definition) is 15. The number of aryl methyl sites for hydroxylation is 1. The first-order valence-corrected chi connectivity index (χ1v) is 46.6. The fraction of sp³-hybridized carbons (Fsp3) is 0.126. The minimum atomic E-state index is -0.662. The van der Waals surface area contributed by atoms with E-state index in [0.717, 1.165) is 82.7 Å². The standard InChI is InChI=1S/C28H26N6O3.C23H25FN6O2.C22H22N4O.C20H18N6O2.C18H20FN5O/c1-3-25(35)31-21-10-7-11-22(16-21)32-26-24(18-30-28(34-26)33-20-8-5-4-6-9-20)27(36)29-17-19-12-14-23(37-2)15-13-19;1-4-21(31)26-16-7-5-8-17(13-16)27-22-20(24)15-25-23(29-22)28-18-9-6-10-19(14-18)32-12-11-30(2)3;1-15(2)12-20(27)17-8-7-11-19(13-17)24-21-16(3)14-23-22(26-21)25-18-9-5-4-6-10-18;1-2-17(27)23-14-9-6-10-15(11-14)24-19-16(18(21)28)12-22-20(26-19)25-13-7-4-3-5-8-13;1-2-16(25)24-10-8-14(9-11-24)21-17-15(19)12-20-18(23-17)22-13-6-4-3-5-7-13/h3-16,18H,1,17H2,2H3,(H,29,36)(H,31,35)(H2,30,32,33,34);4-10,13-15H,1,11-12H2,2-3H3,(H,26,31)(H2,25,27,28,29);4-14H,1-3H3,(H2,23,24,25,26);2-12H,1H2,(H2,21,28)(H,23,27)(H2,22,24,25,26);2-7,12,14H,1,8-11H2,(H2,20,21,22,23). The van der Waals surface area contributed by atoms with Crippen LogP contribution in [-0.2, 0) is 25.7 Å². The number of allylic oxidation sites excluding steroid dienone is 2. The van der Waals surface area contributed by atoms with E-state index in [9.17, 15) is 42.3 Å². The van der Waals surface area contributed by atoms with Crippen molar-refractivity contribution < 1.29 is 51.8 Å². The Labute approximate surface area is 860 Å². The lowest BCUT2D eigenvalue weighted by Gasteiger charge is -2.32. The summed E-state index contributed by atoms with van der Waals surface area (Å²) in [5, 5.41) is 42.0. The number of rotatable bonds is 38. The number of para-hydroxylation sites is 4. The normalized spacial score (nSPS) is 11.0. The number of primary amides is 1. The first-order chi connectivity index (χ1) is 72.2. The molecular weight excluding hydrogens is 1890 g/mol. The van der Waals surface area contributed by atoms with E-state index in [1.54, 1.807) is 97.1 Å². The number of ketones is 1. The van der Waals surface area contributed by atoms with Gasteiger partial charge in [-0.15, -0.1) is 0 Å². The summed E-state index contributed by atoms with van der Waals surface area (Å²) >= 11 is 0. The van der Waals surface area contributed by atoms with Crippen molar-refractivity contribution in [3.8, 4) is 11.5 Å². The number of carbonyl (C=O) groups excluding carboxylic acids is 7. The van der Waals surface area contributed by atoms with Crippen molar-refractivity contribution in [3.63, 3.8) is 0 Å². The summed E-state index contributed by atoms with van der Waals surface area (Å²) in [7, 11) is 5.56. The van der Waals surface area contributed by atoms with Crippen LogP contribution in [0.2, 0.25) is 0 Å². The second-order valence-electron chi connectivity index (χ2n) is 33.0. The van der Waals surface area contributed by atoms with Gasteiger partial charge in [-0.25, -0.2) is 33.7 Å². The average Bonchev–Trinajstić information content (AvgIpc) is 0.832. The van der Waals surface area contributed by atoms with Crippen molar-refractivity contribution in [1.82, 2.24) is 65.0 Å². The fourth-order valence-corrected chi connectivity index (χ4v) is 13.7. The smallest absolute Gasteiger partial charge is 0.256 e. The van der Waals surface area contributed by atoms with Gasteiger partial charge in [-0.05, 0) is 223 Å². The van der Waals surface area contributed by atoms with Gasteiger partial charge in [-0.1, -0.05) is 153 Å². The predicted molar refractivity (Wildman–Crippen MR) is 583 cm³/mol. The first kappa shape index (κ1) is 108. The molecule has 758 valence electrons. The third-order valence-electron chi connectivity index (χ3n) is 21.1. The van der Waals surface area contributed by atoms with Crippen LogP contribution in [0.3, 0.4) is 0 Å². The molecule has 0 radical (unpaired) electrons. The molecule has 1 fully saturated rings. The van der Waals surface area contributed by atoms with Gasteiger partial charge in [0, 0.05) is 136 Å². The van der Waals surface area contributed by atoms with Gasteiger partial charge < -0.3 is 99.4 Å². The summed E-state index contributed by atoms with van der Waals surface area (Å²) in [5.41, 5.74) is 17.6. The van der Waals surface area contributed by atoms with E-state index in [0.29, 0.717) is 113 Å². The van der Waals surface area contributed by atoms with Gasteiger partial charge in [0.15, 0.2) is 29.1 Å². The molecule has 16 N–H and O–H groups in total. The molecule has 6 amide bonds. The molecule has 0 atom stereocenters. The van der Waals surface area contributed by atoms with Crippen molar-refractivity contribution in [2.45, 2.75) is 46.2 Å². The Bertz CT molecular complexity index is 7170. The minimum absolute atomic E-state index is 0.00640. The topological polar surface area (TPSA) is 468 Å². The summed E-state index contributed by atoms with van der Waals surface area (Å²) in [5.74, 6) is 1.32. The number of aromatic nitrogens is 10. The number of nitrogens with zero attached hydrogens (tertiary/aromatic N) is 12. The molecule has 1 aliphatic heterocycles. The molecule has 0 unspecified atom stereocenters. The number of hydrogen-bond acceptors (Lipinski definition) is 30. The number of carbonyl (C=O) groups is 7. The van der Waals surface area contributed by atoms with Crippen LogP contribution in [0.15, 0.2) is 360 Å². The van der Waals surface area contributed by atoms with Gasteiger partial charge in [-0.2, -0.15) is 24.9 Å². The van der Waals surface area contributed by atoms with E-state index >= 15 is 0 Å². The zero-order valence-corrected chi connectivity index (χ0v) is 82.4. The molecule has 6 heterocycles. The van der Waals surface area contributed by atoms with Crippen molar-refractivity contribution in [3.05, 3.63) is 400 Å². The largest absolute Gasteiger partial charge is 0.497 e. The molecule has 10 aromatic carbocycles. The van der Waals surface area contributed by atoms with Crippen LogP contribution >= 0.6 is 0 Å². The van der Waals surface area contributed by atoms with E-state index < -0.39 is 17.5 Å². The molecule has 15 aromatic rings. The third-order valence-corrected chi connectivity index (χ3v) is 21.1. The second-order valence-corrected chi connectivity index (χ2v) is 33.0. The molecule has 149 heavy (non-hydrogen) atoms. The number of amides is 6.